The smallest absolute Gasteiger partial charge is 0.245 e. The second-order valence-electron chi connectivity index (χ2n) is 11.5. The molecule has 3 fully saturated rings. The molecule has 0 aromatic rings. The molecule has 28 heavy (non-hydrogen) atoms. The number of ketones is 1. The van der Waals surface area contributed by atoms with E-state index in [2.05, 4.69) is 39.6 Å². The molecule has 1 amide bonds. The molecule has 4 aliphatic rings. The molecule has 0 N–H and O–H groups in total. The normalized spacial score (nSPS) is 43.0. The Morgan fingerprint density at radius 3 is 2.54 bits per heavy atom. The summed E-state index contributed by atoms with van der Waals surface area (Å²) in [7, 11) is 0. The Kier molecular flexibility index (Phi) is 4.91. The summed E-state index contributed by atoms with van der Waals surface area (Å²) >= 11 is 0. The van der Waals surface area contributed by atoms with Crippen LogP contribution in [0.15, 0.2) is 4.99 Å². The van der Waals surface area contributed by atoms with Gasteiger partial charge in [0.05, 0.1) is 0 Å². The van der Waals surface area contributed by atoms with Gasteiger partial charge in [-0.2, -0.15) is 0 Å². The van der Waals surface area contributed by atoms with Crippen molar-refractivity contribution in [2.24, 2.45) is 44.9 Å². The number of Topliss-reactive ketones (excluding diaryl/α,β-unsaturated/α-hetero) is 1. The molecule has 1 unspecified atom stereocenters. The summed E-state index contributed by atoms with van der Waals surface area (Å²) < 4.78 is 0. The van der Waals surface area contributed by atoms with Crippen molar-refractivity contribution >= 4 is 17.4 Å². The van der Waals surface area contributed by atoms with E-state index in [-0.39, 0.29) is 28.1 Å². The van der Waals surface area contributed by atoms with Gasteiger partial charge in [-0.05, 0) is 74.5 Å². The molecule has 0 saturated heterocycles. The Hall–Kier alpha value is -0.990. The summed E-state index contributed by atoms with van der Waals surface area (Å²) in [6, 6.07) is 0. The highest BCUT2D eigenvalue weighted by Gasteiger charge is 2.61. The average molecular weight is 386 g/mol. The van der Waals surface area contributed by atoms with Crippen LogP contribution < -0.4 is 0 Å². The average Bonchev–Trinajstić information content (AvgIpc) is 2.98. The van der Waals surface area contributed by atoms with Crippen LogP contribution in [0.5, 0.6) is 0 Å². The van der Waals surface area contributed by atoms with Gasteiger partial charge in [-0.25, -0.2) is 4.99 Å². The van der Waals surface area contributed by atoms with Crippen molar-refractivity contribution in [3.05, 3.63) is 0 Å². The number of nitrogens with zero attached hydrogens (tertiary/aromatic N) is 1. The fourth-order valence-corrected chi connectivity index (χ4v) is 8.02. The lowest BCUT2D eigenvalue weighted by atomic mass is 9.47. The fourth-order valence-electron chi connectivity index (χ4n) is 8.02. The summed E-state index contributed by atoms with van der Waals surface area (Å²) in [6.45, 7) is 11.4. The van der Waals surface area contributed by atoms with Crippen molar-refractivity contribution in [1.29, 1.82) is 0 Å². The first-order chi connectivity index (χ1) is 13.1. The van der Waals surface area contributed by atoms with Crippen LogP contribution in [-0.4, -0.2) is 17.4 Å². The van der Waals surface area contributed by atoms with E-state index in [1.165, 1.54) is 31.4 Å². The van der Waals surface area contributed by atoms with Crippen molar-refractivity contribution in [2.75, 3.05) is 0 Å². The largest absolute Gasteiger partial charge is 0.299 e. The number of aliphatic imine (C=N–C) groups is 1. The molecule has 3 saturated carbocycles. The van der Waals surface area contributed by atoms with Crippen molar-refractivity contribution in [3.8, 4) is 0 Å². The van der Waals surface area contributed by atoms with E-state index in [0.29, 0.717) is 30.0 Å². The van der Waals surface area contributed by atoms with E-state index in [4.69, 9.17) is 0 Å². The summed E-state index contributed by atoms with van der Waals surface area (Å²) in [6.07, 6.45) is 10.6. The van der Waals surface area contributed by atoms with Gasteiger partial charge in [0.2, 0.25) is 5.91 Å². The maximum atomic E-state index is 13.5. The monoisotopic (exact) mass is 385 g/mol. The summed E-state index contributed by atoms with van der Waals surface area (Å²) in [4.78, 5) is 29.9. The van der Waals surface area contributed by atoms with Gasteiger partial charge in [0.1, 0.15) is 5.78 Å². The minimum atomic E-state index is -0.184. The predicted molar refractivity (Wildman–Crippen MR) is 113 cm³/mol. The Morgan fingerprint density at radius 1 is 1.07 bits per heavy atom. The first kappa shape index (κ1) is 20.3. The number of fused-ring (bicyclic) bond motifs is 5. The van der Waals surface area contributed by atoms with E-state index in [1.807, 2.05) is 0 Å². The second kappa shape index (κ2) is 6.77. The third-order valence-electron chi connectivity index (χ3n) is 9.61. The number of carbonyl (C=O) groups is 2. The SMILES string of the molecule is CCCC(C)(C)C(=O)C1CC[C@H]2[C@@H]3CCC4=NC(=O)CC[C@]4(C)[C@@H]3CC[C@]12C. The van der Waals surface area contributed by atoms with E-state index in [0.717, 1.165) is 32.1 Å². The van der Waals surface area contributed by atoms with Crippen molar-refractivity contribution < 1.29 is 9.59 Å². The van der Waals surface area contributed by atoms with Gasteiger partial charge in [0, 0.05) is 28.9 Å². The number of carbonyl (C=O) groups excluding carboxylic acids is 2. The van der Waals surface area contributed by atoms with Crippen molar-refractivity contribution in [1.82, 2.24) is 0 Å². The molecule has 0 aromatic carbocycles. The maximum Gasteiger partial charge on any atom is 0.245 e. The topological polar surface area (TPSA) is 46.5 Å². The third kappa shape index (κ3) is 2.86. The first-order valence-electron chi connectivity index (χ1n) is 11.8. The van der Waals surface area contributed by atoms with Crippen LogP contribution in [0.2, 0.25) is 0 Å². The molecule has 3 aliphatic carbocycles. The van der Waals surface area contributed by atoms with Crippen LogP contribution in [-0.2, 0) is 9.59 Å². The molecule has 0 aromatic heterocycles. The van der Waals surface area contributed by atoms with Crippen LogP contribution in [0.25, 0.3) is 0 Å². The predicted octanol–water partition coefficient (Wildman–Crippen LogP) is 6.00. The number of hydrogen-bond acceptors (Lipinski definition) is 2. The van der Waals surface area contributed by atoms with Gasteiger partial charge in [-0.3, -0.25) is 9.59 Å². The van der Waals surface area contributed by atoms with Crippen molar-refractivity contribution in [2.45, 2.75) is 98.8 Å². The van der Waals surface area contributed by atoms with Gasteiger partial charge in [0.25, 0.3) is 0 Å². The van der Waals surface area contributed by atoms with Crippen LogP contribution in [0, 0.1) is 39.9 Å². The fraction of sp³-hybridized carbons (Fsp3) is 0.880. The molecule has 0 bridgehead atoms. The Labute approximate surface area is 171 Å². The number of rotatable bonds is 4. The summed E-state index contributed by atoms with van der Waals surface area (Å²) in [5.74, 6) is 2.91. The molecule has 4 rings (SSSR count). The summed E-state index contributed by atoms with van der Waals surface area (Å²) in [5, 5.41) is 0. The van der Waals surface area contributed by atoms with Crippen LogP contribution in [0.3, 0.4) is 0 Å². The molecule has 3 heteroatoms. The molecule has 0 spiro atoms. The molecule has 3 nitrogen and oxygen atoms in total. The molecule has 1 heterocycles. The Balaban J connectivity index is 1.60. The maximum absolute atomic E-state index is 13.5. The van der Waals surface area contributed by atoms with Crippen molar-refractivity contribution in [3.63, 3.8) is 0 Å². The van der Waals surface area contributed by atoms with Crippen LogP contribution in [0.1, 0.15) is 98.8 Å². The zero-order chi connectivity index (χ0) is 20.3. The minimum Gasteiger partial charge on any atom is -0.299 e. The molecular formula is C25H39NO2. The molecule has 6 atom stereocenters. The Morgan fingerprint density at radius 2 is 1.82 bits per heavy atom. The lowest BCUT2D eigenvalue weighted by molar-refractivity contribution is -0.138. The second-order valence-corrected chi connectivity index (χ2v) is 11.5. The van der Waals surface area contributed by atoms with E-state index >= 15 is 0 Å². The summed E-state index contributed by atoms with van der Waals surface area (Å²) in [5.41, 5.74) is 1.32. The van der Waals surface area contributed by atoms with Crippen LogP contribution in [0.4, 0.5) is 0 Å². The third-order valence-corrected chi connectivity index (χ3v) is 9.61. The number of amides is 1. The van der Waals surface area contributed by atoms with Gasteiger partial charge in [0.15, 0.2) is 0 Å². The molecular weight excluding hydrogens is 346 g/mol. The molecule has 156 valence electrons. The molecule has 0 radical (unpaired) electrons. The molecule has 1 aliphatic heterocycles. The first-order valence-corrected chi connectivity index (χ1v) is 11.8. The lowest BCUT2D eigenvalue weighted by Crippen LogP contribution is -2.54. The van der Waals surface area contributed by atoms with Gasteiger partial charge >= 0.3 is 0 Å². The van der Waals surface area contributed by atoms with E-state index in [1.54, 1.807) is 0 Å². The highest BCUT2D eigenvalue weighted by atomic mass is 16.1. The number of hydrogen-bond donors (Lipinski definition) is 0. The highest BCUT2D eigenvalue weighted by Crippen LogP contribution is 2.65. The standard InChI is InChI=1S/C25H39NO2/c1-6-13-23(2,3)22(28)19-9-8-17-16-7-10-20-25(5,15-12-21(27)26-20)18(16)11-14-24(17,19)4/h16-19H,6-15H2,1-5H3/t16-,17-,18+,19?,24-,25+/m0/s1. The lowest BCUT2D eigenvalue weighted by Gasteiger charge is -2.57. The van der Waals surface area contributed by atoms with Crippen LogP contribution >= 0.6 is 0 Å². The van der Waals surface area contributed by atoms with E-state index < -0.39 is 0 Å². The van der Waals surface area contributed by atoms with Gasteiger partial charge in [-0.1, -0.05) is 41.0 Å². The zero-order valence-electron chi connectivity index (χ0n) is 18.6. The quantitative estimate of drug-likeness (QED) is 0.595. The highest BCUT2D eigenvalue weighted by molar-refractivity contribution is 6.02. The Bertz CT molecular complexity index is 707. The van der Waals surface area contributed by atoms with Gasteiger partial charge < -0.3 is 0 Å². The van der Waals surface area contributed by atoms with Gasteiger partial charge in [-0.15, -0.1) is 0 Å². The van der Waals surface area contributed by atoms with E-state index in [9.17, 15) is 9.59 Å². The zero-order valence-corrected chi connectivity index (χ0v) is 18.6. The minimum absolute atomic E-state index is 0.0938.